The van der Waals surface area contributed by atoms with Gasteiger partial charge in [-0.05, 0) is 67.9 Å². The first kappa shape index (κ1) is 23.7. The van der Waals surface area contributed by atoms with Crippen LogP contribution in [-0.2, 0) is 14.2 Å². The maximum absolute atomic E-state index is 6.64. The quantitative estimate of drug-likeness (QED) is 0.428. The second kappa shape index (κ2) is 10.2. The van der Waals surface area contributed by atoms with Crippen molar-refractivity contribution in [3.8, 4) is 0 Å². The third-order valence-electron chi connectivity index (χ3n) is 7.17. The van der Waals surface area contributed by atoms with Gasteiger partial charge < -0.3 is 14.2 Å². The van der Waals surface area contributed by atoms with Crippen molar-refractivity contribution in [2.45, 2.75) is 58.7 Å². The SMILES string of the molecule is C=CCC(C=C)C1C=CC(c2ccc(C)c(C)c2)OC2COC(c3ccc(C)c(C)c3)OC21.[HH].[HH]. The van der Waals surface area contributed by atoms with E-state index in [1.807, 2.05) is 12.2 Å². The maximum Gasteiger partial charge on any atom is 0.184 e. The highest BCUT2D eigenvalue weighted by Gasteiger charge is 2.42. The molecule has 0 radical (unpaired) electrons. The summed E-state index contributed by atoms with van der Waals surface area (Å²) in [4.78, 5) is 0. The Morgan fingerprint density at radius 1 is 0.909 bits per heavy atom. The Hall–Kier alpha value is -2.46. The van der Waals surface area contributed by atoms with Gasteiger partial charge in [0.25, 0.3) is 0 Å². The molecule has 3 heteroatoms. The van der Waals surface area contributed by atoms with E-state index >= 15 is 0 Å². The molecule has 3 nitrogen and oxygen atoms in total. The molecule has 6 atom stereocenters. The molecule has 0 spiro atoms. The number of fused-ring (bicyclic) bond motifs is 1. The third kappa shape index (κ3) is 5.06. The molecule has 2 aromatic rings. The van der Waals surface area contributed by atoms with E-state index in [-0.39, 0.29) is 33.0 Å². The summed E-state index contributed by atoms with van der Waals surface area (Å²) >= 11 is 0. The van der Waals surface area contributed by atoms with Crippen LogP contribution in [0.3, 0.4) is 0 Å². The van der Waals surface area contributed by atoms with Gasteiger partial charge in [-0.15, -0.1) is 13.2 Å². The summed E-state index contributed by atoms with van der Waals surface area (Å²) in [5.74, 6) is 0.340. The van der Waals surface area contributed by atoms with Crippen LogP contribution in [0.15, 0.2) is 73.9 Å². The van der Waals surface area contributed by atoms with E-state index in [1.165, 1.54) is 22.3 Å². The Kier molecular flexibility index (Phi) is 7.33. The molecule has 0 saturated carbocycles. The topological polar surface area (TPSA) is 27.7 Å². The van der Waals surface area contributed by atoms with Gasteiger partial charge in [0, 0.05) is 14.3 Å². The number of hydrogen-bond donors (Lipinski definition) is 0. The normalized spacial score (nSPS) is 27.9. The number of hydrogen-bond acceptors (Lipinski definition) is 3. The summed E-state index contributed by atoms with van der Waals surface area (Å²) in [6.45, 7) is 17.1. The van der Waals surface area contributed by atoms with Crippen LogP contribution in [0.4, 0.5) is 0 Å². The Bertz CT molecular complexity index is 1050. The third-order valence-corrected chi connectivity index (χ3v) is 7.17. The van der Waals surface area contributed by atoms with Crippen molar-refractivity contribution < 1.29 is 17.1 Å². The Morgan fingerprint density at radius 3 is 2.21 bits per heavy atom. The van der Waals surface area contributed by atoms with Crippen LogP contribution in [-0.4, -0.2) is 18.8 Å². The molecule has 6 unspecified atom stereocenters. The van der Waals surface area contributed by atoms with Crippen LogP contribution in [0.25, 0.3) is 0 Å². The van der Waals surface area contributed by atoms with Crippen LogP contribution >= 0.6 is 0 Å². The molecule has 0 aromatic heterocycles. The summed E-state index contributed by atoms with van der Waals surface area (Å²) in [7, 11) is 0. The summed E-state index contributed by atoms with van der Waals surface area (Å²) in [6.07, 6.45) is 8.42. The zero-order valence-electron chi connectivity index (χ0n) is 20.3. The smallest absolute Gasteiger partial charge is 0.184 e. The molecule has 0 bridgehead atoms. The predicted molar refractivity (Wildman–Crippen MR) is 138 cm³/mol. The second-order valence-corrected chi connectivity index (χ2v) is 9.43. The minimum absolute atomic E-state index is 0. The van der Waals surface area contributed by atoms with Gasteiger partial charge in [-0.1, -0.05) is 60.7 Å². The molecule has 0 amide bonds. The highest BCUT2D eigenvalue weighted by atomic mass is 16.7. The van der Waals surface area contributed by atoms with Gasteiger partial charge in [-0.25, -0.2) is 0 Å². The van der Waals surface area contributed by atoms with E-state index in [9.17, 15) is 0 Å². The van der Waals surface area contributed by atoms with Crippen molar-refractivity contribution in [3.63, 3.8) is 0 Å². The van der Waals surface area contributed by atoms with Crippen LogP contribution in [0.1, 0.15) is 55.0 Å². The Balaban J connectivity index is 0.00000216. The van der Waals surface area contributed by atoms with Crippen molar-refractivity contribution in [2.75, 3.05) is 6.61 Å². The molecule has 1 saturated heterocycles. The van der Waals surface area contributed by atoms with E-state index in [1.54, 1.807) is 0 Å². The first-order valence-corrected chi connectivity index (χ1v) is 11.9. The molecular formula is C30H40O3. The van der Waals surface area contributed by atoms with Crippen LogP contribution in [0.5, 0.6) is 0 Å². The fourth-order valence-electron chi connectivity index (χ4n) is 4.78. The van der Waals surface area contributed by atoms with Crippen LogP contribution in [0, 0.1) is 39.5 Å². The second-order valence-electron chi connectivity index (χ2n) is 9.43. The summed E-state index contributed by atoms with van der Waals surface area (Å²) < 4.78 is 19.5. The molecule has 2 aromatic carbocycles. The van der Waals surface area contributed by atoms with Crippen molar-refractivity contribution in [1.29, 1.82) is 0 Å². The van der Waals surface area contributed by atoms with Gasteiger partial charge in [-0.2, -0.15) is 0 Å². The fraction of sp³-hybridized carbons (Fsp3) is 0.400. The molecule has 2 aliphatic heterocycles. The number of benzene rings is 2. The van der Waals surface area contributed by atoms with Crippen molar-refractivity contribution in [2.24, 2.45) is 11.8 Å². The molecule has 2 aliphatic rings. The van der Waals surface area contributed by atoms with Gasteiger partial charge in [0.15, 0.2) is 6.29 Å². The zero-order valence-corrected chi connectivity index (χ0v) is 20.3. The molecule has 1 fully saturated rings. The molecule has 0 N–H and O–H groups in total. The summed E-state index contributed by atoms with van der Waals surface area (Å²) in [5.41, 5.74) is 7.26. The number of aryl methyl sites for hydroxylation is 4. The molecule has 178 valence electrons. The average molecular weight is 449 g/mol. The zero-order chi connectivity index (χ0) is 23.5. The van der Waals surface area contributed by atoms with Gasteiger partial charge in [0.2, 0.25) is 0 Å². The maximum atomic E-state index is 6.64. The van der Waals surface area contributed by atoms with E-state index in [0.717, 1.165) is 17.5 Å². The van der Waals surface area contributed by atoms with Gasteiger partial charge in [0.1, 0.15) is 12.2 Å². The average Bonchev–Trinajstić information content (AvgIpc) is 3.00. The lowest BCUT2D eigenvalue weighted by Gasteiger charge is -2.41. The summed E-state index contributed by atoms with van der Waals surface area (Å²) in [6, 6.07) is 12.9. The van der Waals surface area contributed by atoms with Gasteiger partial charge in [-0.3, -0.25) is 0 Å². The van der Waals surface area contributed by atoms with Gasteiger partial charge in [0.05, 0.1) is 12.7 Å². The van der Waals surface area contributed by atoms with E-state index in [2.05, 4.69) is 89.4 Å². The minimum atomic E-state index is -0.405. The lowest BCUT2D eigenvalue weighted by atomic mass is 9.82. The molecule has 33 heavy (non-hydrogen) atoms. The van der Waals surface area contributed by atoms with Gasteiger partial charge >= 0.3 is 0 Å². The van der Waals surface area contributed by atoms with Crippen molar-refractivity contribution >= 4 is 0 Å². The number of rotatable bonds is 6. The number of ether oxygens (including phenoxy) is 3. The highest BCUT2D eigenvalue weighted by Crippen LogP contribution is 2.40. The largest absolute Gasteiger partial charge is 0.361 e. The van der Waals surface area contributed by atoms with Crippen molar-refractivity contribution in [3.05, 3.63) is 107 Å². The molecule has 0 aliphatic carbocycles. The van der Waals surface area contributed by atoms with Crippen molar-refractivity contribution in [1.82, 2.24) is 0 Å². The fourth-order valence-corrected chi connectivity index (χ4v) is 4.78. The first-order chi connectivity index (χ1) is 15.9. The molecule has 4 rings (SSSR count). The standard InChI is InChI=1S/C30H36O3.2H2/c1-7-9-23(8-2)26-14-15-27(24-12-10-19(3)21(5)16-24)32-28-18-31-30(33-29(26)28)25-13-11-20(4)22(6)17-25;;/h7-8,10-17,23,26-30H,1-2,9,18H2,3-6H3;2*1H. The van der Waals surface area contributed by atoms with E-state index in [0.29, 0.717) is 6.61 Å². The Morgan fingerprint density at radius 2 is 1.58 bits per heavy atom. The predicted octanol–water partition coefficient (Wildman–Crippen LogP) is 7.52. The Labute approximate surface area is 201 Å². The van der Waals surface area contributed by atoms with E-state index < -0.39 is 6.29 Å². The summed E-state index contributed by atoms with van der Waals surface area (Å²) in [5, 5.41) is 0. The molecular weight excluding hydrogens is 408 g/mol. The minimum Gasteiger partial charge on any atom is -0.361 e. The monoisotopic (exact) mass is 448 g/mol. The first-order valence-electron chi connectivity index (χ1n) is 11.9. The molecule has 2 heterocycles. The van der Waals surface area contributed by atoms with E-state index in [4.69, 9.17) is 14.2 Å². The lowest BCUT2D eigenvalue weighted by Crippen LogP contribution is -2.47. The lowest BCUT2D eigenvalue weighted by molar-refractivity contribution is -0.278. The van der Waals surface area contributed by atoms with Crippen LogP contribution < -0.4 is 0 Å². The number of allylic oxidation sites excluding steroid dienone is 2. The highest BCUT2D eigenvalue weighted by molar-refractivity contribution is 5.34. The van der Waals surface area contributed by atoms with Crippen LogP contribution in [0.2, 0.25) is 0 Å².